The fraction of sp³-hybridized carbons (Fsp3) is 0.143. The summed E-state index contributed by atoms with van der Waals surface area (Å²) in [6, 6.07) is 10.3. The quantitative estimate of drug-likeness (QED) is 0.565. The Balaban J connectivity index is 2.20. The molecule has 0 heterocycles. The van der Waals surface area contributed by atoms with Crippen molar-refractivity contribution in [3.63, 3.8) is 0 Å². The predicted octanol–water partition coefficient (Wildman–Crippen LogP) is 4.74. The Hall–Kier alpha value is -1.60. The molecule has 5 nitrogen and oxygen atoms in total. The molecule has 0 saturated carbocycles. The lowest BCUT2D eigenvalue weighted by atomic mass is 10.2. The van der Waals surface area contributed by atoms with Gasteiger partial charge in [0, 0.05) is 27.6 Å². The highest BCUT2D eigenvalue weighted by Gasteiger charge is 2.10. The third kappa shape index (κ3) is 3.95. The van der Waals surface area contributed by atoms with E-state index in [4.69, 9.17) is 4.74 Å². The maximum atomic E-state index is 10.8. The van der Waals surface area contributed by atoms with E-state index in [0.29, 0.717) is 12.2 Å². The van der Waals surface area contributed by atoms with Crippen LogP contribution in [0.1, 0.15) is 5.56 Å². The first-order chi connectivity index (χ1) is 10.0. The molecule has 0 aromatic heterocycles. The van der Waals surface area contributed by atoms with E-state index in [0.717, 1.165) is 20.3 Å². The molecule has 0 amide bonds. The van der Waals surface area contributed by atoms with Gasteiger partial charge in [-0.2, -0.15) is 0 Å². The van der Waals surface area contributed by atoms with Crippen LogP contribution in [0.25, 0.3) is 0 Å². The van der Waals surface area contributed by atoms with Crippen molar-refractivity contribution in [3.05, 3.63) is 61.0 Å². The molecule has 0 aliphatic rings. The van der Waals surface area contributed by atoms with Crippen molar-refractivity contribution in [1.82, 2.24) is 0 Å². The van der Waals surface area contributed by atoms with Crippen molar-refractivity contribution in [2.45, 2.75) is 6.54 Å². The molecule has 0 saturated heterocycles. The molecule has 0 aliphatic heterocycles. The van der Waals surface area contributed by atoms with Gasteiger partial charge in [0.25, 0.3) is 5.69 Å². The molecule has 0 bridgehead atoms. The molecule has 110 valence electrons. The number of nitro benzene ring substituents is 1. The summed E-state index contributed by atoms with van der Waals surface area (Å²) in [5, 5.41) is 14.0. The lowest BCUT2D eigenvalue weighted by molar-refractivity contribution is -0.384. The van der Waals surface area contributed by atoms with Crippen LogP contribution in [0.5, 0.6) is 5.75 Å². The Labute approximate surface area is 138 Å². The van der Waals surface area contributed by atoms with Crippen LogP contribution in [0.15, 0.2) is 45.3 Å². The Morgan fingerprint density at radius 2 is 1.90 bits per heavy atom. The van der Waals surface area contributed by atoms with Gasteiger partial charge in [-0.3, -0.25) is 10.1 Å². The number of methoxy groups -OCH3 is 1. The van der Waals surface area contributed by atoms with Crippen molar-refractivity contribution in [2.75, 3.05) is 12.4 Å². The molecule has 0 fully saturated rings. The molecule has 2 aromatic rings. The third-order valence-electron chi connectivity index (χ3n) is 2.88. The number of ether oxygens (including phenoxy) is 1. The van der Waals surface area contributed by atoms with Gasteiger partial charge in [-0.1, -0.05) is 15.9 Å². The van der Waals surface area contributed by atoms with Crippen molar-refractivity contribution in [1.29, 1.82) is 0 Å². The number of rotatable bonds is 5. The summed E-state index contributed by atoms with van der Waals surface area (Å²) in [6.07, 6.45) is 0. The molecule has 0 aliphatic carbocycles. The van der Waals surface area contributed by atoms with E-state index in [2.05, 4.69) is 37.2 Å². The number of non-ortho nitro benzene ring substituents is 1. The van der Waals surface area contributed by atoms with Crippen LogP contribution in [0, 0.1) is 10.1 Å². The number of nitro groups is 1. The normalized spacial score (nSPS) is 10.2. The van der Waals surface area contributed by atoms with Crippen molar-refractivity contribution in [3.8, 4) is 5.75 Å². The van der Waals surface area contributed by atoms with Gasteiger partial charge in [0.05, 0.1) is 17.7 Å². The molecule has 0 radical (unpaired) electrons. The van der Waals surface area contributed by atoms with E-state index >= 15 is 0 Å². The zero-order valence-electron chi connectivity index (χ0n) is 11.1. The summed E-state index contributed by atoms with van der Waals surface area (Å²) in [7, 11) is 1.61. The summed E-state index contributed by atoms with van der Waals surface area (Å²) < 4.78 is 6.90. The van der Waals surface area contributed by atoms with Gasteiger partial charge >= 0.3 is 0 Å². The van der Waals surface area contributed by atoms with Crippen LogP contribution < -0.4 is 10.1 Å². The highest BCUT2D eigenvalue weighted by atomic mass is 79.9. The summed E-state index contributed by atoms with van der Waals surface area (Å²) in [5.41, 5.74) is 1.71. The molecule has 2 rings (SSSR count). The van der Waals surface area contributed by atoms with E-state index in [1.54, 1.807) is 13.2 Å². The second-order valence-electron chi connectivity index (χ2n) is 4.23. The average molecular weight is 416 g/mol. The number of anilines is 1. The van der Waals surface area contributed by atoms with Crippen LogP contribution in [-0.2, 0) is 6.54 Å². The zero-order chi connectivity index (χ0) is 15.4. The second kappa shape index (κ2) is 6.91. The van der Waals surface area contributed by atoms with E-state index in [1.165, 1.54) is 12.1 Å². The fourth-order valence-electron chi connectivity index (χ4n) is 1.77. The Kier molecular flexibility index (Phi) is 5.19. The number of halogens is 2. The maximum Gasteiger partial charge on any atom is 0.271 e. The Bertz CT molecular complexity index is 677. The third-order valence-corrected chi connectivity index (χ3v) is 4.35. The predicted molar refractivity (Wildman–Crippen MR) is 88.8 cm³/mol. The molecule has 1 N–H and O–H groups in total. The SMILES string of the molecule is COc1ccc(Br)c(CNc2cc([N+](=O)[O-])ccc2Br)c1. The zero-order valence-corrected chi connectivity index (χ0v) is 14.3. The van der Waals surface area contributed by atoms with Crippen molar-refractivity contribution < 1.29 is 9.66 Å². The van der Waals surface area contributed by atoms with Gasteiger partial charge in [0.15, 0.2) is 0 Å². The molecule has 21 heavy (non-hydrogen) atoms. The first kappa shape index (κ1) is 15.8. The van der Waals surface area contributed by atoms with Crippen molar-refractivity contribution in [2.24, 2.45) is 0 Å². The highest BCUT2D eigenvalue weighted by molar-refractivity contribution is 9.10. The number of hydrogen-bond donors (Lipinski definition) is 1. The van der Waals surface area contributed by atoms with Gasteiger partial charge in [0.1, 0.15) is 5.75 Å². The largest absolute Gasteiger partial charge is 0.497 e. The molecular formula is C14H12Br2N2O3. The number of hydrogen-bond acceptors (Lipinski definition) is 4. The second-order valence-corrected chi connectivity index (χ2v) is 5.94. The van der Waals surface area contributed by atoms with Crippen molar-refractivity contribution >= 4 is 43.2 Å². The van der Waals surface area contributed by atoms with Gasteiger partial charge in [0.2, 0.25) is 0 Å². The minimum atomic E-state index is -0.418. The topological polar surface area (TPSA) is 64.4 Å². The molecular weight excluding hydrogens is 404 g/mol. The minimum Gasteiger partial charge on any atom is -0.497 e. The van der Waals surface area contributed by atoms with Gasteiger partial charge in [-0.25, -0.2) is 0 Å². The lowest BCUT2D eigenvalue weighted by Gasteiger charge is -2.11. The Morgan fingerprint density at radius 3 is 2.57 bits per heavy atom. The van der Waals surface area contributed by atoms with Gasteiger partial charge in [-0.15, -0.1) is 0 Å². The lowest BCUT2D eigenvalue weighted by Crippen LogP contribution is -2.02. The summed E-state index contributed by atoms with van der Waals surface area (Å²) >= 11 is 6.85. The van der Waals surface area contributed by atoms with Crippen LogP contribution in [-0.4, -0.2) is 12.0 Å². The molecule has 0 spiro atoms. The monoisotopic (exact) mass is 414 g/mol. The molecule has 2 aromatic carbocycles. The minimum absolute atomic E-state index is 0.0467. The van der Waals surface area contributed by atoms with E-state index in [1.807, 2.05) is 18.2 Å². The number of benzene rings is 2. The smallest absolute Gasteiger partial charge is 0.271 e. The first-order valence-electron chi connectivity index (χ1n) is 6.01. The summed E-state index contributed by atoms with van der Waals surface area (Å²) in [5.74, 6) is 0.758. The van der Waals surface area contributed by atoms with Crippen LogP contribution in [0.4, 0.5) is 11.4 Å². The highest BCUT2D eigenvalue weighted by Crippen LogP contribution is 2.29. The molecule has 0 unspecified atom stereocenters. The van der Waals surface area contributed by atoms with E-state index in [9.17, 15) is 10.1 Å². The summed E-state index contributed by atoms with van der Waals surface area (Å²) in [6.45, 7) is 0.511. The number of nitrogens with one attached hydrogen (secondary N) is 1. The maximum absolute atomic E-state index is 10.8. The number of nitrogens with zero attached hydrogens (tertiary/aromatic N) is 1. The van der Waals surface area contributed by atoms with Gasteiger partial charge in [-0.05, 0) is 45.8 Å². The first-order valence-corrected chi connectivity index (χ1v) is 7.60. The Morgan fingerprint density at radius 1 is 1.19 bits per heavy atom. The van der Waals surface area contributed by atoms with Crippen LogP contribution in [0.2, 0.25) is 0 Å². The fourth-order valence-corrected chi connectivity index (χ4v) is 2.54. The molecule has 7 heteroatoms. The van der Waals surface area contributed by atoms with Crippen LogP contribution in [0.3, 0.4) is 0 Å². The van der Waals surface area contributed by atoms with Gasteiger partial charge < -0.3 is 10.1 Å². The van der Waals surface area contributed by atoms with E-state index < -0.39 is 4.92 Å². The average Bonchev–Trinajstić information content (AvgIpc) is 2.47. The van der Waals surface area contributed by atoms with E-state index in [-0.39, 0.29) is 5.69 Å². The molecule has 0 atom stereocenters. The van der Waals surface area contributed by atoms with Crippen LogP contribution >= 0.6 is 31.9 Å². The standard InChI is InChI=1S/C14H12Br2N2O3/c1-21-11-3-5-12(15)9(6-11)8-17-14-7-10(18(19)20)2-4-13(14)16/h2-7,17H,8H2,1H3. The summed E-state index contributed by atoms with van der Waals surface area (Å²) in [4.78, 5) is 10.4.